The largest absolute Gasteiger partial charge is 0.494 e. The van der Waals surface area contributed by atoms with Gasteiger partial charge in [0.25, 0.3) is 0 Å². The number of anilines is 1. The van der Waals surface area contributed by atoms with Gasteiger partial charge in [-0.1, -0.05) is 12.1 Å². The van der Waals surface area contributed by atoms with Gasteiger partial charge in [0, 0.05) is 6.07 Å². The highest BCUT2D eigenvalue weighted by atomic mass is 32.1. The summed E-state index contributed by atoms with van der Waals surface area (Å²) in [6.45, 7) is 2.61. The molecule has 1 aliphatic rings. The maximum absolute atomic E-state index is 5.61. The van der Waals surface area contributed by atoms with Crippen LogP contribution in [0.5, 0.6) is 5.75 Å². The molecule has 1 N–H and O–H groups in total. The molecule has 2 aromatic heterocycles. The van der Waals surface area contributed by atoms with E-state index < -0.39 is 0 Å². The molecule has 1 aromatic carbocycles. The van der Waals surface area contributed by atoms with Crippen LogP contribution in [0.15, 0.2) is 63.2 Å². The Bertz CT molecular complexity index is 897. The van der Waals surface area contributed by atoms with Gasteiger partial charge in [-0.25, -0.2) is 9.98 Å². The third kappa shape index (κ3) is 2.98. The SMILES string of the molecule is CCOc1ccc2c(c1)NC(c1cccs1)=NC(c1cccs1)=N2. The molecule has 0 aliphatic carbocycles. The number of hydrogen-bond donors (Lipinski definition) is 1. The molecule has 4 nitrogen and oxygen atoms in total. The molecule has 0 spiro atoms. The number of aliphatic imine (C=N–C) groups is 2. The van der Waals surface area contributed by atoms with Crippen LogP contribution in [-0.4, -0.2) is 18.3 Å². The van der Waals surface area contributed by atoms with Crippen LogP contribution in [0, 0.1) is 0 Å². The molecule has 0 amide bonds. The van der Waals surface area contributed by atoms with Crippen molar-refractivity contribution in [2.75, 3.05) is 11.9 Å². The van der Waals surface area contributed by atoms with Gasteiger partial charge in [0.2, 0.25) is 0 Å². The quantitative estimate of drug-likeness (QED) is 0.704. The van der Waals surface area contributed by atoms with Crippen molar-refractivity contribution in [2.24, 2.45) is 9.98 Å². The summed E-state index contributed by atoms with van der Waals surface area (Å²) in [7, 11) is 0. The van der Waals surface area contributed by atoms with Crippen molar-refractivity contribution in [3.8, 4) is 5.75 Å². The molecule has 0 bridgehead atoms. The predicted octanol–water partition coefficient (Wildman–Crippen LogP) is 5.16. The second-order valence-electron chi connectivity index (χ2n) is 5.09. The minimum Gasteiger partial charge on any atom is -0.494 e. The lowest BCUT2D eigenvalue weighted by Crippen LogP contribution is -2.13. The summed E-state index contributed by atoms with van der Waals surface area (Å²) >= 11 is 3.29. The highest BCUT2D eigenvalue weighted by molar-refractivity contribution is 7.12. The van der Waals surface area contributed by atoms with Crippen LogP contribution in [0.3, 0.4) is 0 Å². The number of hydrogen-bond acceptors (Lipinski definition) is 6. The Hall–Kier alpha value is -2.44. The Labute approximate surface area is 148 Å². The van der Waals surface area contributed by atoms with Crippen LogP contribution in [-0.2, 0) is 0 Å². The molecule has 0 saturated carbocycles. The Balaban J connectivity index is 1.84. The van der Waals surface area contributed by atoms with Crippen LogP contribution in [0.4, 0.5) is 11.4 Å². The van der Waals surface area contributed by atoms with Gasteiger partial charge in [0.1, 0.15) is 11.6 Å². The van der Waals surface area contributed by atoms with Crippen molar-refractivity contribution in [1.29, 1.82) is 0 Å². The molecule has 0 radical (unpaired) electrons. The van der Waals surface area contributed by atoms with E-state index in [1.54, 1.807) is 22.7 Å². The van der Waals surface area contributed by atoms with E-state index >= 15 is 0 Å². The van der Waals surface area contributed by atoms with E-state index in [1.807, 2.05) is 54.1 Å². The molecule has 3 heterocycles. The Morgan fingerprint density at radius 3 is 2.50 bits per heavy atom. The molecule has 3 aromatic rings. The summed E-state index contributed by atoms with van der Waals surface area (Å²) < 4.78 is 5.61. The number of amidine groups is 2. The van der Waals surface area contributed by atoms with E-state index in [-0.39, 0.29) is 0 Å². The third-order valence-corrected chi connectivity index (χ3v) is 5.21. The van der Waals surface area contributed by atoms with Gasteiger partial charge in [0.15, 0.2) is 5.84 Å². The number of thiophene rings is 2. The van der Waals surface area contributed by atoms with Crippen LogP contribution >= 0.6 is 22.7 Å². The number of nitrogens with zero attached hydrogens (tertiary/aromatic N) is 2. The van der Waals surface area contributed by atoms with Gasteiger partial charge >= 0.3 is 0 Å². The lowest BCUT2D eigenvalue weighted by atomic mass is 10.2. The number of benzene rings is 1. The highest BCUT2D eigenvalue weighted by Gasteiger charge is 2.17. The first-order valence-electron chi connectivity index (χ1n) is 7.62. The summed E-state index contributed by atoms with van der Waals surface area (Å²) in [4.78, 5) is 11.7. The molecule has 0 saturated heterocycles. The van der Waals surface area contributed by atoms with Gasteiger partial charge in [-0.2, -0.15) is 0 Å². The topological polar surface area (TPSA) is 46.0 Å². The predicted molar refractivity (Wildman–Crippen MR) is 103 cm³/mol. The Morgan fingerprint density at radius 2 is 1.79 bits per heavy atom. The van der Waals surface area contributed by atoms with Gasteiger partial charge in [0.05, 0.1) is 27.7 Å². The summed E-state index contributed by atoms with van der Waals surface area (Å²) in [5.41, 5.74) is 1.76. The maximum Gasteiger partial charge on any atom is 0.172 e. The normalized spacial score (nSPS) is 13.4. The summed E-state index contributed by atoms with van der Waals surface area (Å²) in [5, 5.41) is 7.51. The van der Waals surface area contributed by atoms with Crippen LogP contribution in [0.25, 0.3) is 0 Å². The molecule has 24 heavy (non-hydrogen) atoms. The van der Waals surface area contributed by atoms with E-state index in [0.29, 0.717) is 6.61 Å². The Morgan fingerprint density at radius 1 is 1.00 bits per heavy atom. The average molecular weight is 353 g/mol. The minimum absolute atomic E-state index is 0.633. The van der Waals surface area contributed by atoms with E-state index in [1.165, 1.54) is 0 Å². The molecule has 1 aliphatic heterocycles. The van der Waals surface area contributed by atoms with E-state index in [2.05, 4.69) is 11.4 Å². The monoisotopic (exact) mass is 353 g/mol. The molecule has 0 atom stereocenters. The zero-order valence-electron chi connectivity index (χ0n) is 13.0. The first-order chi connectivity index (χ1) is 11.8. The molecular formula is C18H15N3OS2. The van der Waals surface area contributed by atoms with E-state index in [4.69, 9.17) is 14.7 Å². The second-order valence-corrected chi connectivity index (χ2v) is 6.98. The third-order valence-electron chi connectivity index (χ3n) is 3.47. The summed E-state index contributed by atoms with van der Waals surface area (Å²) in [6.07, 6.45) is 0. The number of nitrogens with one attached hydrogen (secondary N) is 1. The lowest BCUT2D eigenvalue weighted by Gasteiger charge is -2.10. The maximum atomic E-state index is 5.61. The van der Waals surface area contributed by atoms with Crippen molar-refractivity contribution < 1.29 is 4.74 Å². The van der Waals surface area contributed by atoms with Crippen molar-refractivity contribution in [1.82, 2.24) is 0 Å². The number of fused-ring (bicyclic) bond motifs is 1. The number of ether oxygens (including phenoxy) is 1. The van der Waals surface area contributed by atoms with Crippen LogP contribution < -0.4 is 10.1 Å². The molecule has 120 valence electrons. The Kier molecular flexibility index (Phi) is 4.15. The lowest BCUT2D eigenvalue weighted by molar-refractivity contribution is 0.340. The van der Waals surface area contributed by atoms with Crippen LogP contribution in [0.1, 0.15) is 16.7 Å². The number of rotatable bonds is 4. The molecule has 4 rings (SSSR count). The van der Waals surface area contributed by atoms with Crippen LogP contribution in [0.2, 0.25) is 0 Å². The van der Waals surface area contributed by atoms with Crippen molar-refractivity contribution in [2.45, 2.75) is 6.92 Å². The zero-order valence-corrected chi connectivity index (χ0v) is 14.7. The molecule has 0 fully saturated rings. The fourth-order valence-corrected chi connectivity index (χ4v) is 3.74. The van der Waals surface area contributed by atoms with Gasteiger partial charge in [-0.15, -0.1) is 22.7 Å². The second kappa shape index (κ2) is 6.59. The fourth-order valence-electron chi connectivity index (χ4n) is 2.42. The molecule has 0 unspecified atom stereocenters. The van der Waals surface area contributed by atoms with Gasteiger partial charge in [-0.3, -0.25) is 0 Å². The first-order valence-corrected chi connectivity index (χ1v) is 9.38. The van der Waals surface area contributed by atoms with E-state index in [0.717, 1.165) is 38.5 Å². The standard InChI is InChI=1S/C18H15N3OS2/c1-2-22-12-7-8-13-14(11-12)20-18(16-6-4-10-24-16)21-17(19-13)15-5-3-9-23-15/h3-11H,2H2,1H3,(H,19,20,21). The molecule has 6 heteroatoms. The zero-order chi connectivity index (χ0) is 16.4. The van der Waals surface area contributed by atoms with Gasteiger partial charge in [-0.05, 0) is 41.9 Å². The van der Waals surface area contributed by atoms with Crippen molar-refractivity contribution in [3.05, 3.63) is 63.0 Å². The van der Waals surface area contributed by atoms with Gasteiger partial charge < -0.3 is 10.1 Å². The smallest absolute Gasteiger partial charge is 0.172 e. The molecular weight excluding hydrogens is 338 g/mol. The summed E-state index contributed by atoms with van der Waals surface area (Å²) in [5.74, 6) is 2.36. The fraction of sp³-hybridized carbons (Fsp3) is 0.111. The summed E-state index contributed by atoms with van der Waals surface area (Å²) in [6, 6.07) is 14.0. The first kappa shape index (κ1) is 15.1. The minimum atomic E-state index is 0.633. The van der Waals surface area contributed by atoms with E-state index in [9.17, 15) is 0 Å². The van der Waals surface area contributed by atoms with Crippen molar-refractivity contribution in [3.63, 3.8) is 0 Å². The average Bonchev–Trinajstić information content (AvgIpc) is 3.26. The highest BCUT2D eigenvalue weighted by Crippen LogP contribution is 2.33. The van der Waals surface area contributed by atoms with Crippen molar-refractivity contribution >= 4 is 45.7 Å².